The van der Waals surface area contributed by atoms with Crippen LogP contribution in [0.4, 0.5) is 0 Å². The van der Waals surface area contributed by atoms with E-state index in [4.69, 9.17) is 0 Å². The maximum absolute atomic E-state index is 3.12. The zero-order valence-corrected chi connectivity index (χ0v) is 39.7. The van der Waals surface area contributed by atoms with Crippen LogP contribution in [0.3, 0.4) is 0 Å². The van der Waals surface area contributed by atoms with E-state index in [9.17, 15) is 0 Å². The van der Waals surface area contributed by atoms with E-state index < -0.39 is 21.3 Å². The van der Waals surface area contributed by atoms with E-state index >= 15 is 0 Å². The van der Waals surface area contributed by atoms with Gasteiger partial charge in [0.2, 0.25) is 0 Å². The average molecular weight is 862 g/mol. The molecule has 1 atom stereocenters. The van der Waals surface area contributed by atoms with E-state index in [0.29, 0.717) is 5.92 Å². The molecule has 0 nitrogen and oxygen atoms in total. The summed E-state index contributed by atoms with van der Waals surface area (Å²) in [5, 5.41) is 0. The van der Waals surface area contributed by atoms with Crippen molar-refractivity contribution in [3.8, 4) is 33.4 Å². The second-order valence-electron chi connectivity index (χ2n) is 20.3. The third-order valence-electron chi connectivity index (χ3n) is 14.0. The van der Waals surface area contributed by atoms with Crippen molar-refractivity contribution in [2.24, 2.45) is 11.3 Å². The van der Waals surface area contributed by atoms with Gasteiger partial charge in [0.1, 0.15) is 0 Å². The predicted molar refractivity (Wildman–Crippen MR) is 255 cm³/mol. The van der Waals surface area contributed by atoms with Crippen LogP contribution in [0.15, 0.2) is 167 Å². The molecule has 302 valence electrons. The zero-order chi connectivity index (χ0) is 41.8. The Labute approximate surface area is 368 Å². The number of allylic oxidation sites excluding steroid dienone is 4. The molecule has 0 bridgehead atoms. The standard InChI is InChI=1S/C33H33.C13H19.C13H10.Zr/c1-32(2,3)30-20-26-24(18-28(30)22-13-9-7-10-14-22)17-25-19-29(23-15-11-8-12-16-23)31(21-27(25)26)33(4,5)6;1-11-6-7-12(10-11)13(2)8-4-3-5-9-13;1-3-7-12(8-4-1)11-13-9-5-2-6-10-13;/h7-21H,1-6H3;7,10-11H,3-5,8-9H2,1-2H3;1-10H;. The van der Waals surface area contributed by atoms with Gasteiger partial charge >= 0.3 is 371 Å². The summed E-state index contributed by atoms with van der Waals surface area (Å²) in [6.07, 6.45) is 12.1. The normalized spacial score (nSPS) is 17.4. The van der Waals surface area contributed by atoms with Gasteiger partial charge in [-0.05, 0) is 0 Å². The fourth-order valence-electron chi connectivity index (χ4n) is 10.8. The van der Waals surface area contributed by atoms with E-state index in [1.54, 1.807) is 12.1 Å². The zero-order valence-electron chi connectivity index (χ0n) is 37.2. The molecule has 3 aliphatic carbocycles. The number of benzene rings is 6. The molecule has 1 saturated carbocycles. The first-order valence-electron chi connectivity index (χ1n) is 22.6. The molecule has 9 rings (SSSR count). The van der Waals surface area contributed by atoms with E-state index in [1.165, 1.54) is 98.9 Å². The molecular formula is C59H62Zr. The van der Waals surface area contributed by atoms with Crippen LogP contribution in [-0.4, -0.2) is 3.21 Å². The van der Waals surface area contributed by atoms with Crippen LogP contribution in [0, 0.1) is 11.3 Å². The van der Waals surface area contributed by atoms with Crippen molar-refractivity contribution in [2.75, 3.05) is 0 Å². The van der Waals surface area contributed by atoms with Crippen molar-refractivity contribution < 1.29 is 21.3 Å². The van der Waals surface area contributed by atoms with Gasteiger partial charge in [0.05, 0.1) is 0 Å². The summed E-state index contributed by atoms with van der Waals surface area (Å²) in [4.78, 5) is 0. The molecule has 0 spiro atoms. The summed E-state index contributed by atoms with van der Waals surface area (Å²) in [6, 6.07) is 56.2. The fraction of sp³-hybridized carbons (Fsp3) is 0.305. The Morgan fingerprint density at radius 2 is 0.950 bits per heavy atom. The Bertz CT molecular complexity index is 2470. The quantitative estimate of drug-likeness (QED) is 0.150. The molecule has 0 heterocycles. The Kier molecular flexibility index (Phi) is 11.0. The number of hydrogen-bond acceptors (Lipinski definition) is 0. The Morgan fingerprint density at radius 1 is 0.533 bits per heavy atom. The van der Waals surface area contributed by atoms with E-state index in [-0.39, 0.29) is 19.9 Å². The van der Waals surface area contributed by atoms with Crippen LogP contribution in [0.2, 0.25) is 0 Å². The molecule has 6 aromatic rings. The van der Waals surface area contributed by atoms with E-state index in [1.807, 2.05) is 0 Å². The fourth-order valence-corrected chi connectivity index (χ4v) is 20.2. The van der Waals surface area contributed by atoms with Crippen molar-refractivity contribution >= 4 is 3.21 Å². The van der Waals surface area contributed by atoms with Gasteiger partial charge in [0.15, 0.2) is 0 Å². The van der Waals surface area contributed by atoms with Gasteiger partial charge in [-0.2, -0.15) is 0 Å². The summed E-state index contributed by atoms with van der Waals surface area (Å²) in [6.45, 7) is 19.5. The van der Waals surface area contributed by atoms with Crippen LogP contribution >= 0.6 is 0 Å². The van der Waals surface area contributed by atoms with Gasteiger partial charge in [-0.15, -0.1) is 0 Å². The predicted octanol–water partition coefficient (Wildman–Crippen LogP) is 16.0. The molecule has 1 fully saturated rings. The topological polar surface area (TPSA) is 0 Å². The second kappa shape index (κ2) is 16.1. The molecule has 1 heteroatoms. The molecule has 0 amide bonds. The first kappa shape index (κ1) is 40.9. The molecule has 0 saturated heterocycles. The summed E-state index contributed by atoms with van der Waals surface area (Å²) < 4.78 is 3.64. The SMILES string of the molecule is CC1C=C(C2(C)CCCCC2)C=[C]1[Zr](=[C](c1ccccc1)c1ccccc1)[CH]1c2cc(-c3ccccc3)c(C(C)(C)C)cc2-c2cc(C(C)(C)C)c(-c3ccccc3)cc21. The van der Waals surface area contributed by atoms with Gasteiger partial charge in [-0.3, -0.25) is 0 Å². The summed E-state index contributed by atoms with van der Waals surface area (Å²) >= 11 is -3.12. The first-order chi connectivity index (χ1) is 28.8. The Morgan fingerprint density at radius 3 is 1.37 bits per heavy atom. The number of rotatable bonds is 7. The van der Waals surface area contributed by atoms with E-state index in [0.717, 1.165) is 0 Å². The van der Waals surface area contributed by atoms with Gasteiger partial charge < -0.3 is 0 Å². The average Bonchev–Trinajstić information content (AvgIpc) is 3.80. The van der Waals surface area contributed by atoms with Crippen molar-refractivity contribution in [1.29, 1.82) is 0 Å². The third-order valence-corrected chi connectivity index (χ3v) is 22.7. The maximum atomic E-state index is 2.79. The molecule has 0 N–H and O–H groups in total. The molecule has 0 radical (unpaired) electrons. The molecule has 0 aromatic heterocycles. The summed E-state index contributed by atoms with van der Waals surface area (Å²) in [7, 11) is 0. The minimum absolute atomic E-state index is 0.0427. The molecular weight excluding hydrogens is 800 g/mol. The third kappa shape index (κ3) is 7.59. The summed E-state index contributed by atoms with van der Waals surface area (Å²) in [5.41, 5.74) is 18.7. The van der Waals surface area contributed by atoms with Crippen LogP contribution in [0.1, 0.15) is 125 Å². The van der Waals surface area contributed by atoms with Gasteiger partial charge in [-0.25, -0.2) is 0 Å². The Balaban J connectivity index is 1.44. The minimum atomic E-state index is -3.12. The molecule has 3 aliphatic rings. The van der Waals surface area contributed by atoms with Gasteiger partial charge in [0.25, 0.3) is 0 Å². The van der Waals surface area contributed by atoms with Gasteiger partial charge in [-0.1, -0.05) is 0 Å². The van der Waals surface area contributed by atoms with Crippen molar-refractivity contribution in [3.05, 3.63) is 200 Å². The first-order valence-corrected chi connectivity index (χ1v) is 26.5. The van der Waals surface area contributed by atoms with Crippen LogP contribution < -0.4 is 0 Å². The monoisotopic (exact) mass is 860 g/mol. The second-order valence-corrected chi connectivity index (χ2v) is 26.4. The van der Waals surface area contributed by atoms with Gasteiger partial charge in [0, 0.05) is 0 Å². The molecule has 60 heavy (non-hydrogen) atoms. The van der Waals surface area contributed by atoms with E-state index in [2.05, 4.69) is 213 Å². The molecule has 6 aromatic carbocycles. The molecule has 0 aliphatic heterocycles. The Hall–Kier alpha value is -4.45. The number of hydrogen-bond donors (Lipinski definition) is 0. The summed E-state index contributed by atoms with van der Waals surface area (Å²) in [5.74, 6) is 0.396. The van der Waals surface area contributed by atoms with Crippen molar-refractivity contribution in [1.82, 2.24) is 0 Å². The van der Waals surface area contributed by atoms with Crippen LogP contribution in [0.5, 0.6) is 0 Å². The van der Waals surface area contributed by atoms with Crippen molar-refractivity contribution in [3.63, 3.8) is 0 Å². The number of fused-ring (bicyclic) bond motifs is 3. The van der Waals surface area contributed by atoms with Crippen molar-refractivity contribution in [2.45, 2.75) is 102 Å². The van der Waals surface area contributed by atoms with Crippen LogP contribution in [0.25, 0.3) is 33.4 Å². The van der Waals surface area contributed by atoms with Crippen LogP contribution in [-0.2, 0) is 32.1 Å². The molecule has 1 unspecified atom stereocenters.